The Balaban J connectivity index is 1.96. The first-order valence-corrected chi connectivity index (χ1v) is 6.25. The van der Waals surface area contributed by atoms with Gasteiger partial charge < -0.3 is 5.73 Å². The van der Waals surface area contributed by atoms with Gasteiger partial charge in [-0.05, 0) is 37.6 Å². The summed E-state index contributed by atoms with van der Waals surface area (Å²) in [4.78, 5) is 2.36. The lowest BCUT2D eigenvalue weighted by molar-refractivity contribution is 0.220. The van der Waals surface area contributed by atoms with E-state index in [1.54, 1.807) is 0 Å². The molecule has 0 aliphatic heterocycles. The number of nitrogens with two attached hydrogens (primary N) is 1. The first kappa shape index (κ1) is 11.9. The van der Waals surface area contributed by atoms with Crippen LogP contribution in [0.15, 0.2) is 24.3 Å². The smallest absolute Gasteiger partial charge is 0.0406 e. The normalized spacial score (nSPS) is 25.2. The summed E-state index contributed by atoms with van der Waals surface area (Å²) < 4.78 is 0. The average molecular weight is 239 g/mol. The van der Waals surface area contributed by atoms with Crippen molar-refractivity contribution in [1.82, 2.24) is 4.90 Å². The molecule has 0 saturated heterocycles. The van der Waals surface area contributed by atoms with Crippen molar-refractivity contribution in [1.29, 1.82) is 0 Å². The van der Waals surface area contributed by atoms with E-state index in [9.17, 15) is 0 Å². The second-order valence-corrected chi connectivity index (χ2v) is 5.14. The third kappa shape index (κ3) is 2.76. The highest BCUT2D eigenvalue weighted by Crippen LogP contribution is 2.23. The van der Waals surface area contributed by atoms with Gasteiger partial charge in [-0.3, -0.25) is 4.90 Å². The first-order valence-electron chi connectivity index (χ1n) is 5.87. The highest BCUT2D eigenvalue weighted by Gasteiger charge is 2.27. The maximum atomic E-state index is 6.09. The summed E-state index contributed by atoms with van der Waals surface area (Å²) in [5.74, 6) is 0. The molecular weight excluding hydrogens is 220 g/mol. The van der Waals surface area contributed by atoms with Crippen molar-refractivity contribution in [3.63, 3.8) is 0 Å². The van der Waals surface area contributed by atoms with Crippen LogP contribution in [0.2, 0.25) is 5.02 Å². The van der Waals surface area contributed by atoms with Crippen LogP contribution in [-0.4, -0.2) is 24.0 Å². The quantitative estimate of drug-likeness (QED) is 0.877. The molecule has 1 aliphatic rings. The fourth-order valence-electron chi connectivity index (χ4n) is 2.51. The number of benzene rings is 1. The van der Waals surface area contributed by atoms with Gasteiger partial charge in [-0.1, -0.05) is 30.2 Å². The number of hydrogen-bond donors (Lipinski definition) is 1. The Morgan fingerprint density at radius 2 is 2.00 bits per heavy atom. The molecule has 2 rings (SSSR count). The maximum Gasteiger partial charge on any atom is 0.0406 e. The zero-order chi connectivity index (χ0) is 11.5. The monoisotopic (exact) mass is 238 g/mol. The van der Waals surface area contributed by atoms with Crippen molar-refractivity contribution in [2.75, 3.05) is 7.05 Å². The summed E-state index contributed by atoms with van der Waals surface area (Å²) in [6.07, 6.45) is 3.65. The predicted molar refractivity (Wildman–Crippen MR) is 68.5 cm³/mol. The summed E-state index contributed by atoms with van der Waals surface area (Å²) in [5.41, 5.74) is 7.39. The van der Waals surface area contributed by atoms with E-state index >= 15 is 0 Å². The molecule has 0 bridgehead atoms. The number of rotatable bonds is 3. The van der Waals surface area contributed by atoms with Crippen LogP contribution in [0.1, 0.15) is 24.8 Å². The van der Waals surface area contributed by atoms with Crippen molar-refractivity contribution < 1.29 is 0 Å². The Bertz CT molecular complexity index is 336. The van der Waals surface area contributed by atoms with Gasteiger partial charge in [-0.25, -0.2) is 0 Å². The van der Waals surface area contributed by atoms with Gasteiger partial charge in [0.05, 0.1) is 0 Å². The molecule has 0 heterocycles. The lowest BCUT2D eigenvalue weighted by Gasteiger charge is -2.27. The Hall–Kier alpha value is -0.570. The summed E-state index contributed by atoms with van der Waals surface area (Å²) in [7, 11) is 2.16. The minimum absolute atomic E-state index is 0.345. The summed E-state index contributed by atoms with van der Waals surface area (Å²) >= 11 is 5.86. The Labute approximate surface area is 102 Å². The van der Waals surface area contributed by atoms with E-state index in [1.165, 1.54) is 18.4 Å². The van der Waals surface area contributed by atoms with Crippen molar-refractivity contribution in [3.8, 4) is 0 Å². The molecule has 0 radical (unpaired) electrons. The van der Waals surface area contributed by atoms with Gasteiger partial charge in [0.2, 0.25) is 0 Å². The van der Waals surface area contributed by atoms with Gasteiger partial charge >= 0.3 is 0 Å². The standard InChI is InChI=1S/C13H19ClN2/c1-16(13-4-2-3-12(13)15)9-10-5-7-11(14)8-6-10/h5-8,12-13H,2-4,9,15H2,1H3. The van der Waals surface area contributed by atoms with Crippen LogP contribution < -0.4 is 5.73 Å². The van der Waals surface area contributed by atoms with Gasteiger partial charge in [-0.2, -0.15) is 0 Å². The molecule has 1 aromatic rings. The molecule has 1 aliphatic carbocycles. The van der Waals surface area contributed by atoms with Crippen LogP contribution in [0.3, 0.4) is 0 Å². The third-order valence-electron chi connectivity index (χ3n) is 3.44. The first-order chi connectivity index (χ1) is 7.66. The Kier molecular flexibility index (Phi) is 3.85. The highest BCUT2D eigenvalue weighted by atomic mass is 35.5. The van der Waals surface area contributed by atoms with E-state index in [-0.39, 0.29) is 0 Å². The zero-order valence-electron chi connectivity index (χ0n) is 9.70. The fourth-order valence-corrected chi connectivity index (χ4v) is 2.64. The van der Waals surface area contributed by atoms with Crippen LogP contribution in [0, 0.1) is 0 Å². The molecule has 88 valence electrons. The fraction of sp³-hybridized carbons (Fsp3) is 0.538. The number of halogens is 1. The van der Waals surface area contributed by atoms with Crippen molar-refractivity contribution >= 4 is 11.6 Å². The van der Waals surface area contributed by atoms with Gasteiger partial charge in [0.25, 0.3) is 0 Å². The molecule has 2 atom stereocenters. The number of likely N-dealkylation sites (N-methyl/N-ethyl adjacent to an activating group) is 1. The maximum absolute atomic E-state index is 6.09. The summed E-state index contributed by atoms with van der Waals surface area (Å²) in [6.45, 7) is 0.954. The van der Waals surface area contributed by atoms with Crippen molar-refractivity contribution in [2.45, 2.75) is 37.9 Å². The van der Waals surface area contributed by atoms with E-state index in [2.05, 4.69) is 24.1 Å². The van der Waals surface area contributed by atoms with Gasteiger partial charge in [0.15, 0.2) is 0 Å². The van der Waals surface area contributed by atoms with Crippen LogP contribution in [0.4, 0.5) is 0 Å². The summed E-state index contributed by atoms with van der Waals surface area (Å²) in [5, 5.41) is 0.795. The predicted octanol–water partition coefficient (Wildman–Crippen LogP) is 2.65. The van der Waals surface area contributed by atoms with E-state index in [1.807, 2.05) is 12.1 Å². The molecule has 0 amide bonds. The minimum atomic E-state index is 0.345. The highest BCUT2D eigenvalue weighted by molar-refractivity contribution is 6.30. The molecule has 0 spiro atoms. The molecule has 1 saturated carbocycles. The molecule has 0 aromatic heterocycles. The second kappa shape index (κ2) is 5.17. The van der Waals surface area contributed by atoms with Crippen LogP contribution >= 0.6 is 11.6 Å². The molecule has 2 unspecified atom stereocenters. The SMILES string of the molecule is CN(Cc1ccc(Cl)cc1)C1CCCC1N. The number of nitrogens with zero attached hydrogens (tertiary/aromatic N) is 1. The van der Waals surface area contributed by atoms with Gasteiger partial charge in [0, 0.05) is 23.7 Å². The Morgan fingerprint density at radius 1 is 1.31 bits per heavy atom. The van der Waals surface area contributed by atoms with E-state index < -0.39 is 0 Å². The lowest BCUT2D eigenvalue weighted by Crippen LogP contribution is -2.41. The van der Waals surface area contributed by atoms with Crippen molar-refractivity contribution in [3.05, 3.63) is 34.9 Å². The van der Waals surface area contributed by atoms with Crippen LogP contribution in [0.25, 0.3) is 0 Å². The molecular formula is C13H19ClN2. The third-order valence-corrected chi connectivity index (χ3v) is 3.69. The topological polar surface area (TPSA) is 29.3 Å². The number of hydrogen-bond acceptors (Lipinski definition) is 2. The van der Waals surface area contributed by atoms with Crippen molar-refractivity contribution in [2.24, 2.45) is 5.73 Å². The Morgan fingerprint density at radius 3 is 2.56 bits per heavy atom. The second-order valence-electron chi connectivity index (χ2n) is 4.70. The average Bonchev–Trinajstić information content (AvgIpc) is 2.68. The largest absolute Gasteiger partial charge is 0.326 e. The molecule has 2 nitrogen and oxygen atoms in total. The molecule has 1 fully saturated rings. The van der Waals surface area contributed by atoms with Gasteiger partial charge in [-0.15, -0.1) is 0 Å². The van der Waals surface area contributed by atoms with Crippen LogP contribution in [-0.2, 0) is 6.54 Å². The summed E-state index contributed by atoms with van der Waals surface area (Å²) in [6, 6.07) is 8.94. The van der Waals surface area contributed by atoms with E-state index in [0.29, 0.717) is 12.1 Å². The molecule has 16 heavy (non-hydrogen) atoms. The van der Waals surface area contributed by atoms with E-state index in [4.69, 9.17) is 17.3 Å². The zero-order valence-corrected chi connectivity index (χ0v) is 10.5. The van der Waals surface area contributed by atoms with Gasteiger partial charge in [0.1, 0.15) is 0 Å². The molecule has 1 aromatic carbocycles. The minimum Gasteiger partial charge on any atom is -0.326 e. The van der Waals surface area contributed by atoms with E-state index in [0.717, 1.165) is 18.0 Å². The molecule has 3 heteroatoms. The molecule has 2 N–H and O–H groups in total. The van der Waals surface area contributed by atoms with Crippen LogP contribution in [0.5, 0.6) is 0 Å². The lowest BCUT2D eigenvalue weighted by atomic mass is 10.1.